The molecule has 0 amide bonds. The van der Waals surface area contributed by atoms with Gasteiger partial charge in [0.25, 0.3) is 0 Å². The molecular weight excluding hydrogens is 336 g/mol. The molecule has 27 heavy (non-hydrogen) atoms. The molecule has 0 bridgehead atoms. The summed E-state index contributed by atoms with van der Waals surface area (Å²) in [4.78, 5) is 13.1. The zero-order valence-electron chi connectivity index (χ0n) is 16.2. The molecule has 1 aromatic carbocycles. The van der Waals surface area contributed by atoms with Crippen LogP contribution in [0.1, 0.15) is 25.0 Å². The first-order chi connectivity index (χ1) is 13.1. The molecule has 0 aliphatic heterocycles. The molecule has 0 saturated carbocycles. The van der Waals surface area contributed by atoms with Crippen molar-refractivity contribution in [3.05, 3.63) is 72.2 Å². The Morgan fingerprint density at radius 2 is 1.70 bits per heavy atom. The number of hydrogen-bond acceptors (Lipinski definition) is 6. The van der Waals surface area contributed by atoms with E-state index in [4.69, 9.17) is 4.98 Å². The van der Waals surface area contributed by atoms with Gasteiger partial charge in [-0.05, 0) is 43.5 Å². The average Bonchev–Trinajstić information content (AvgIpc) is 2.71. The minimum absolute atomic E-state index is 0.268. The number of pyridine rings is 1. The Morgan fingerprint density at radius 1 is 0.963 bits per heavy atom. The minimum atomic E-state index is 0.268. The van der Waals surface area contributed by atoms with Gasteiger partial charge in [0.05, 0.1) is 6.20 Å². The topological polar surface area (TPSA) is 58.0 Å². The third-order valence-electron chi connectivity index (χ3n) is 4.49. The maximum atomic E-state index is 4.77. The second kappa shape index (κ2) is 9.07. The fourth-order valence-corrected chi connectivity index (χ4v) is 2.82. The Balaban J connectivity index is 1.72. The summed E-state index contributed by atoms with van der Waals surface area (Å²) in [6.45, 7) is 5.89. The molecule has 0 unspecified atom stereocenters. The molecule has 0 aliphatic rings. The highest BCUT2D eigenvalue weighted by Crippen LogP contribution is 2.18. The van der Waals surface area contributed by atoms with Gasteiger partial charge in [-0.25, -0.2) is 0 Å². The summed E-state index contributed by atoms with van der Waals surface area (Å²) in [6, 6.07) is 14.7. The summed E-state index contributed by atoms with van der Waals surface area (Å²) >= 11 is 0. The molecule has 2 heterocycles. The van der Waals surface area contributed by atoms with Crippen molar-refractivity contribution >= 4 is 11.8 Å². The van der Waals surface area contributed by atoms with E-state index in [1.165, 1.54) is 11.1 Å². The molecule has 0 spiro atoms. The predicted octanol–water partition coefficient (Wildman–Crippen LogP) is 3.36. The Hall–Kier alpha value is -3.02. The van der Waals surface area contributed by atoms with Crippen LogP contribution in [0.3, 0.4) is 0 Å². The molecule has 0 aliphatic carbocycles. The van der Waals surface area contributed by atoms with E-state index in [0.29, 0.717) is 5.95 Å². The summed E-state index contributed by atoms with van der Waals surface area (Å²) in [6.07, 6.45) is 6.29. The van der Waals surface area contributed by atoms with E-state index in [2.05, 4.69) is 63.1 Å². The van der Waals surface area contributed by atoms with Crippen LogP contribution in [0.4, 0.5) is 11.8 Å². The van der Waals surface area contributed by atoms with Crippen LogP contribution in [-0.2, 0) is 13.0 Å². The van der Waals surface area contributed by atoms with Crippen molar-refractivity contribution in [3.8, 4) is 0 Å². The van der Waals surface area contributed by atoms with Gasteiger partial charge in [0, 0.05) is 38.6 Å². The highest BCUT2D eigenvalue weighted by molar-refractivity contribution is 5.42. The Labute approximate surface area is 160 Å². The standard InChI is InChI=1S/C21H26N6/c1-17(2)27(16-19-7-5-4-6-8-19)21-24-20(15-23-25-21)26(3)14-11-18-9-12-22-13-10-18/h4-10,12-13,15,17H,11,14,16H2,1-3H3. The zero-order valence-corrected chi connectivity index (χ0v) is 16.2. The second-order valence-electron chi connectivity index (χ2n) is 6.85. The van der Waals surface area contributed by atoms with E-state index in [1.54, 1.807) is 6.20 Å². The van der Waals surface area contributed by atoms with E-state index in [0.717, 1.165) is 25.3 Å². The zero-order chi connectivity index (χ0) is 19.1. The number of benzene rings is 1. The van der Waals surface area contributed by atoms with E-state index in [1.807, 2.05) is 37.6 Å². The van der Waals surface area contributed by atoms with Gasteiger partial charge in [0.2, 0.25) is 5.95 Å². The summed E-state index contributed by atoms with van der Waals surface area (Å²) < 4.78 is 0. The smallest absolute Gasteiger partial charge is 0.247 e. The van der Waals surface area contributed by atoms with E-state index >= 15 is 0 Å². The van der Waals surface area contributed by atoms with Crippen LogP contribution in [0.5, 0.6) is 0 Å². The van der Waals surface area contributed by atoms with Crippen LogP contribution in [0.25, 0.3) is 0 Å². The molecule has 6 heteroatoms. The third-order valence-corrected chi connectivity index (χ3v) is 4.49. The Bertz CT molecular complexity index is 822. The molecule has 0 N–H and O–H groups in total. The van der Waals surface area contributed by atoms with Gasteiger partial charge in [-0.15, -0.1) is 5.10 Å². The van der Waals surface area contributed by atoms with Crippen molar-refractivity contribution < 1.29 is 0 Å². The lowest BCUT2D eigenvalue weighted by atomic mass is 10.2. The lowest BCUT2D eigenvalue weighted by Crippen LogP contribution is -2.32. The molecule has 3 rings (SSSR count). The van der Waals surface area contributed by atoms with Crippen molar-refractivity contribution in [1.82, 2.24) is 20.2 Å². The number of anilines is 2. The number of hydrogen-bond donors (Lipinski definition) is 0. The molecular formula is C21H26N6. The van der Waals surface area contributed by atoms with Crippen LogP contribution in [0.15, 0.2) is 61.1 Å². The van der Waals surface area contributed by atoms with Crippen LogP contribution in [0.2, 0.25) is 0 Å². The van der Waals surface area contributed by atoms with E-state index in [-0.39, 0.29) is 6.04 Å². The number of rotatable bonds is 8. The van der Waals surface area contributed by atoms with Gasteiger partial charge in [-0.1, -0.05) is 30.3 Å². The highest BCUT2D eigenvalue weighted by Gasteiger charge is 2.16. The summed E-state index contributed by atoms with van der Waals surface area (Å²) in [7, 11) is 2.03. The van der Waals surface area contributed by atoms with Crippen LogP contribution in [0, 0.1) is 0 Å². The molecule has 3 aromatic rings. The van der Waals surface area contributed by atoms with Crippen LogP contribution in [-0.4, -0.2) is 39.8 Å². The maximum absolute atomic E-state index is 4.77. The third kappa shape index (κ3) is 5.23. The van der Waals surface area contributed by atoms with Gasteiger partial charge in [0.15, 0.2) is 5.82 Å². The average molecular weight is 362 g/mol. The van der Waals surface area contributed by atoms with Gasteiger partial charge in [-0.3, -0.25) is 4.98 Å². The predicted molar refractivity (Wildman–Crippen MR) is 109 cm³/mol. The van der Waals surface area contributed by atoms with E-state index < -0.39 is 0 Å². The van der Waals surface area contributed by atoms with Crippen molar-refractivity contribution in [3.63, 3.8) is 0 Å². The largest absolute Gasteiger partial charge is 0.358 e. The molecule has 6 nitrogen and oxygen atoms in total. The molecule has 2 aromatic heterocycles. The van der Waals surface area contributed by atoms with Crippen LogP contribution >= 0.6 is 0 Å². The molecule has 0 saturated heterocycles. The first-order valence-corrected chi connectivity index (χ1v) is 9.24. The number of likely N-dealkylation sites (N-methyl/N-ethyl adjacent to an activating group) is 1. The van der Waals surface area contributed by atoms with Gasteiger partial charge >= 0.3 is 0 Å². The fraction of sp³-hybridized carbons (Fsp3) is 0.333. The molecule has 0 fully saturated rings. The Kier molecular flexibility index (Phi) is 6.30. The van der Waals surface area contributed by atoms with Crippen molar-refractivity contribution in [2.45, 2.75) is 32.9 Å². The van der Waals surface area contributed by atoms with Gasteiger partial charge in [0.1, 0.15) is 0 Å². The van der Waals surface area contributed by atoms with Crippen LogP contribution < -0.4 is 9.80 Å². The monoisotopic (exact) mass is 362 g/mol. The van der Waals surface area contributed by atoms with E-state index in [9.17, 15) is 0 Å². The first-order valence-electron chi connectivity index (χ1n) is 9.24. The van der Waals surface area contributed by atoms with Crippen molar-refractivity contribution in [2.24, 2.45) is 0 Å². The fourth-order valence-electron chi connectivity index (χ4n) is 2.82. The summed E-state index contributed by atoms with van der Waals surface area (Å²) in [5.74, 6) is 1.48. The maximum Gasteiger partial charge on any atom is 0.247 e. The van der Waals surface area contributed by atoms with Crippen molar-refractivity contribution in [1.29, 1.82) is 0 Å². The first kappa shape index (κ1) is 18.8. The number of aromatic nitrogens is 4. The number of nitrogens with zero attached hydrogens (tertiary/aromatic N) is 6. The second-order valence-corrected chi connectivity index (χ2v) is 6.85. The van der Waals surface area contributed by atoms with Gasteiger partial charge < -0.3 is 9.80 Å². The molecule has 140 valence electrons. The SMILES string of the molecule is CC(C)N(Cc1ccccc1)c1nncc(N(C)CCc2ccncc2)n1. The normalized spacial score (nSPS) is 10.8. The highest BCUT2D eigenvalue weighted by atomic mass is 15.4. The van der Waals surface area contributed by atoms with Crippen molar-refractivity contribution in [2.75, 3.05) is 23.4 Å². The minimum Gasteiger partial charge on any atom is -0.358 e. The lowest BCUT2D eigenvalue weighted by Gasteiger charge is -2.27. The molecule has 0 atom stereocenters. The lowest BCUT2D eigenvalue weighted by molar-refractivity contribution is 0.650. The quantitative estimate of drug-likeness (QED) is 0.612. The Morgan fingerprint density at radius 3 is 2.41 bits per heavy atom. The summed E-state index contributed by atoms with van der Waals surface area (Å²) in [5, 5.41) is 8.49. The van der Waals surface area contributed by atoms with Gasteiger partial charge in [-0.2, -0.15) is 10.1 Å². The summed E-state index contributed by atoms with van der Waals surface area (Å²) in [5.41, 5.74) is 2.48. The molecule has 0 radical (unpaired) electrons.